The maximum Gasteiger partial charge on any atom is 0.246 e. The van der Waals surface area contributed by atoms with Crippen molar-refractivity contribution in [1.82, 2.24) is 4.90 Å². The third-order valence-electron chi connectivity index (χ3n) is 3.26. The summed E-state index contributed by atoms with van der Waals surface area (Å²) in [5.41, 5.74) is 6.05. The molecule has 1 heterocycles. The van der Waals surface area contributed by atoms with Gasteiger partial charge in [-0.3, -0.25) is 4.79 Å². The van der Waals surface area contributed by atoms with Crippen molar-refractivity contribution in [2.24, 2.45) is 5.73 Å². The van der Waals surface area contributed by atoms with Crippen LogP contribution in [0.2, 0.25) is 0 Å². The molecule has 0 radical (unpaired) electrons. The van der Waals surface area contributed by atoms with Crippen LogP contribution in [0.1, 0.15) is 32.1 Å². The molecule has 78 valence electrons. The number of nitrogens with two attached hydrogens (primary N) is 1. The summed E-state index contributed by atoms with van der Waals surface area (Å²) in [5.74, 6) is 0.151. The van der Waals surface area contributed by atoms with Crippen molar-refractivity contribution in [1.29, 1.82) is 0 Å². The average Bonchev–Trinajstić information content (AvgIpc) is 2.20. The van der Waals surface area contributed by atoms with Crippen molar-refractivity contribution in [2.75, 3.05) is 6.54 Å². The molecule has 1 aliphatic heterocycles. The van der Waals surface area contributed by atoms with Crippen molar-refractivity contribution in [3.8, 4) is 0 Å². The van der Waals surface area contributed by atoms with Gasteiger partial charge in [-0.2, -0.15) is 0 Å². The van der Waals surface area contributed by atoms with Crippen LogP contribution in [-0.4, -0.2) is 29.4 Å². The Kier molecular flexibility index (Phi) is 2.87. The van der Waals surface area contributed by atoms with Crippen molar-refractivity contribution < 1.29 is 4.79 Å². The quantitative estimate of drug-likeness (QED) is 0.678. The van der Waals surface area contributed by atoms with E-state index in [0.717, 1.165) is 25.8 Å². The molecule has 3 heteroatoms. The fraction of sp³-hybridized carbons (Fsp3) is 0.727. The molecule has 2 atom stereocenters. The Bertz CT molecular complexity index is 250. The molecular formula is C11H18N2O. The lowest BCUT2D eigenvalue weighted by Crippen LogP contribution is -2.52. The Morgan fingerprint density at radius 1 is 1.36 bits per heavy atom. The van der Waals surface area contributed by atoms with E-state index in [2.05, 4.69) is 0 Å². The summed E-state index contributed by atoms with van der Waals surface area (Å²) in [7, 11) is 0. The molecule has 2 rings (SSSR count). The van der Waals surface area contributed by atoms with E-state index >= 15 is 0 Å². The van der Waals surface area contributed by atoms with Crippen LogP contribution < -0.4 is 5.73 Å². The lowest BCUT2D eigenvalue weighted by molar-refractivity contribution is -0.129. The molecule has 0 aromatic carbocycles. The molecule has 3 nitrogen and oxygen atoms in total. The maximum atomic E-state index is 11.6. The predicted molar refractivity (Wildman–Crippen MR) is 55.7 cm³/mol. The van der Waals surface area contributed by atoms with Crippen molar-refractivity contribution in [2.45, 2.75) is 44.2 Å². The smallest absolute Gasteiger partial charge is 0.246 e. The number of nitrogens with zero attached hydrogens (tertiary/aromatic N) is 1. The van der Waals surface area contributed by atoms with E-state index in [4.69, 9.17) is 5.73 Å². The van der Waals surface area contributed by atoms with E-state index in [1.54, 1.807) is 6.08 Å². The van der Waals surface area contributed by atoms with Crippen LogP contribution >= 0.6 is 0 Å². The first-order valence-corrected chi connectivity index (χ1v) is 5.52. The molecule has 0 bridgehead atoms. The average molecular weight is 194 g/mol. The molecule has 0 saturated heterocycles. The topological polar surface area (TPSA) is 46.3 Å². The van der Waals surface area contributed by atoms with E-state index in [0.29, 0.717) is 6.04 Å². The number of rotatable bonds is 1. The summed E-state index contributed by atoms with van der Waals surface area (Å²) in [4.78, 5) is 13.6. The van der Waals surface area contributed by atoms with Gasteiger partial charge in [-0.1, -0.05) is 18.9 Å². The second-order valence-corrected chi connectivity index (χ2v) is 4.24. The third kappa shape index (κ3) is 1.82. The number of hydrogen-bond acceptors (Lipinski definition) is 2. The van der Waals surface area contributed by atoms with Crippen molar-refractivity contribution in [3.05, 3.63) is 12.2 Å². The zero-order chi connectivity index (χ0) is 9.97. The first-order valence-electron chi connectivity index (χ1n) is 5.52. The second kappa shape index (κ2) is 4.13. The lowest BCUT2D eigenvalue weighted by atomic mass is 9.89. The van der Waals surface area contributed by atoms with Crippen LogP contribution in [0.25, 0.3) is 0 Å². The Hall–Kier alpha value is -0.830. The zero-order valence-electron chi connectivity index (χ0n) is 8.48. The molecular weight excluding hydrogens is 176 g/mol. The summed E-state index contributed by atoms with van der Waals surface area (Å²) in [6.07, 6.45) is 9.20. The van der Waals surface area contributed by atoms with Gasteiger partial charge in [0.2, 0.25) is 5.91 Å². The highest BCUT2D eigenvalue weighted by Crippen LogP contribution is 2.23. The predicted octanol–water partition coefficient (Wildman–Crippen LogP) is 1.04. The van der Waals surface area contributed by atoms with E-state index in [-0.39, 0.29) is 11.9 Å². The van der Waals surface area contributed by atoms with Crippen LogP contribution in [0.5, 0.6) is 0 Å². The zero-order valence-corrected chi connectivity index (χ0v) is 8.48. The number of hydrogen-bond donors (Lipinski definition) is 1. The summed E-state index contributed by atoms with van der Waals surface area (Å²) in [5, 5.41) is 0. The summed E-state index contributed by atoms with van der Waals surface area (Å²) < 4.78 is 0. The van der Waals surface area contributed by atoms with E-state index < -0.39 is 0 Å². The van der Waals surface area contributed by atoms with E-state index in [9.17, 15) is 4.79 Å². The Morgan fingerprint density at radius 2 is 2.14 bits per heavy atom. The molecule has 2 N–H and O–H groups in total. The minimum absolute atomic E-state index is 0.151. The van der Waals surface area contributed by atoms with Gasteiger partial charge in [-0.25, -0.2) is 0 Å². The van der Waals surface area contributed by atoms with Crippen LogP contribution in [0.4, 0.5) is 0 Å². The molecule has 1 aliphatic carbocycles. The van der Waals surface area contributed by atoms with Crippen molar-refractivity contribution in [3.63, 3.8) is 0 Å². The molecule has 2 aliphatic rings. The Balaban J connectivity index is 2.05. The highest BCUT2D eigenvalue weighted by atomic mass is 16.2. The first kappa shape index (κ1) is 9.71. The fourth-order valence-electron chi connectivity index (χ4n) is 2.46. The lowest BCUT2D eigenvalue weighted by Gasteiger charge is -2.38. The van der Waals surface area contributed by atoms with Gasteiger partial charge >= 0.3 is 0 Å². The van der Waals surface area contributed by atoms with Gasteiger partial charge in [0.15, 0.2) is 0 Å². The van der Waals surface area contributed by atoms with Gasteiger partial charge in [-0.05, 0) is 25.3 Å². The molecule has 1 amide bonds. The van der Waals surface area contributed by atoms with Crippen molar-refractivity contribution >= 4 is 5.91 Å². The van der Waals surface area contributed by atoms with Gasteiger partial charge in [-0.15, -0.1) is 0 Å². The molecule has 2 unspecified atom stereocenters. The molecule has 1 fully saturated rings. The largest absolute Gasteiger partial charge is 0.334 e. The normalized spacial score (nSPS) is 33.5. The van der Waals surface area contributed by atoms with Gasteiger partial charge in [0.05, 0.1) is 0 Å². The minimum Gasteiger partial charge on any atom is -0.334 e. The number of amides is 1. The first-order chi connectivity index (χ1) is 6.79. The standard InChI is InChI=1S/C11H18N2O/c12-9-5-1-2-6-10(9)13-8-4-3-7-11(13)14/h3,7,9-10H,1-2,4-6,8,12H2. The molecule has 0 aromatic rings. The van der Waals surface area contributed by atoms with E-state index in [1.807, 2.05) is 11.0 Å². The second-order valence-electron chi connectivity index (χ2n) is 4.24. The van der Waals surface area contributed by atoms with Crippen LogP contribution in [0, 0.1) is 0 Å². The van der Waals surface area contributed by atoms with Gasteiger partial charge < -0.3 is 10.6 Å². The summed E-state index contributed by atoms with van der Waals surface area (Å²) >= 11 is 0. The molecule has 1 saturated carbocycles. The monoisotopic (exact) mass is 194 g/mol. The minimum atomic E-state index is 0.151. The number of carbonyl (C=O) groups excluding carboxylic acids is 1. The van der Waals surface area contributed by atoms with Crippen LogP contribution in [-0.2, 0) is 4.79 Å². The summed E-state index contributed by atoms with van der Waals surface area (Å²) in [6.45, 7) is 0.855. The third-order valence-corrected chi connectivity index (χ3v) is 3.26. The molecule has 0 spiro atoms. The van der Waals surface area contributed by atoms with Crippen LogP contribution in [0.3, 0.4) is 0 Å². The fourth-order valence-corrected chi connectivity index (χ4v) is 2.46. The molecule has 14 heavy (non-hydrogen) atoms. The van der Waals surface area contributed by atoms with E-state index in [1.165, 1.54) is 12.8 Å². The summed E-state index contributed by atoms with van der Waals surface area (Å²) in [6, 6.07) is 0.486. The van der Waals surface area contributed by atoms with Gasteiger partial charge in [0.25, 0.3) is 0 Å². The number of carbonyl (C=O) groups is 1. The molecule has 0 aromatic heterocycles. The van der Waals surface area contributed by atoms with Crippen LogP contribution in [0.15, 0.2) is 12.2 Å². The van der Waals surface area contributed by atoms with Gasteiger partial charge in [0.1, 0.15) is 0 Å². The maximum absolute atomic E-state index is 11.6. The Labute approximate surface area is 84.9 Å². The Morgan fingerprint density at radius 3 is 2.86 bits per heavy atom. The highest BCUT2D eigenvalue weighted by Gasteiger charge is 2.30. The SMILES string of the molecule is NC1CCCCC1N1CCC=CC1=O. The van der Waals surface area contributed by atoms with Gasteiger partial charge in [0, 0.05) is 18.6 Å². The highest BCUT2D eigenvalue weighted by molar-refractivity contribution is 5.88.